The number of allylic oxidation sites excluding steroid dienone is 2. The number of rotatable bonds is 12. The molecular formula is C25H30N11O8S2+. The smallest absolute Gasteiger partial charge is 0.352 e. The Labute approximate surface area is 268 Å². The Bertz CT molecular complexity index is 1700. The zero-order valence-electron chi connectivity index (χ0n) is 24.3. The molecule has 0 saturated carbocycles. The summed E-state index contributed by atoms with van der Waals surface area (Å²) in [6.07, 6.45) is 4.45. The van der Waals surface area contributed by atoms with Crippen LogP contribution in [0.5, 0.6) is 0 Å². The van der Waals surface area contributed by atoms with Gasteiger partial charge >= 0.3 is 11.9 Å². The van der Waals surface area contributed by atoms with Gasteiger partial charge in [0.1, 0.15) is 22.8 Å². The van der Waals surface area contributed by atoms with Crippen LogP contribution in [0, 0.1) is 0 Å². The van der Waals surface area contributed by atoms with E-state index in [1.165, 1.54) is 48.0 Å². The van der Waals surface area contributed by atoms with Crippen LogP contribution in [0.4, 0.5) is 22.5 Å². The lowest BCUT2D eigenvalue weighted by atomic mass is 10.0. The number of nitrogens with one attached hydrogen (secondary N) is 2. The molecule has 244 valence electrons. The molecule has 2 aliphatic heterocycles. The van der Waals surface area contributed by atoms with Crippen LogP contribution < -0.4 is 38.1 Å². The van der Waals surface area contributed by atoms with Crippen molar-refractivity contribution < 1.29 is 43.6 Å². The molecule has 0 bridgehead atoms. The van der Waals surface area contributed by atoms with Crippen molar-refractivity contribution in [3.63, 3.8) is 0 Å². The summed E-state index contributed by atoms with van der Waals surface area (Å²) in [5.41, 5.74) is 20.8. The SMILES string of the molecule is CC(C)(O/N=C(\C(=O)N[C@@H]1C(=O)N2C(C(=O)O)=C(/C=C/C[n+]3cnc(N)c(NC(=O)CN)c3N)CSC12)c1csc(N)n1)C(=O)O. The highest BCUT2D eigenvalue weighted by atomic mass is 32.2. The van der Waals surface area contributed by atoms with E-state index in [9.17, 15) is 34.2 Å². The van der Waals surface area contributed by atoms with Gasteiger partial charge in [-0.25, -0.2) is 19.1 Å². The number of nitrogens with two attached hydrogens (primary N) is 4. The molecule has 3 amide bonds. The van der Waals surface area contributed by atoms with Crippen molar-refractivity contribution in [3.8, 4) is 0 Å². The number of hydrogen-bond donors (Lipinski definition) is 8. The number of aliphatic carboxylic acids is 2. The molecule has 4 rings (SSSR count). The van der Waals surface area contributed by atoms with E-state index < -0.39 is 52.4 Å². The molecule has 2 aromatic heterocycles. The van der Waals surface area contributed by atoms with Gasteiger partial charge in [-0.1, -0.05) is 22.3 Å². The van der Waals surface area contributed by atoms with Gasteiger partial charge in [0.2, 0.25) is 29.5 Å². The summed E-state index contributed by atoms with van der Waals surface area (Å²) in [5, 5.41) is 28.8. The summed E-state index contributed by atoms with van der Waals surface area (Å²) in [6, 6.07) is -1.13. The minimum atomic E-state index is -1.79. The van der Waals surface area contributed by atoms with E-state index in [0.717, 1.165) is 16.2 Å². The van der Waals surface area contributed by atoms with Gasteiger partial charge in [0.15, 0.2) is 16.5 Å². The van der Waals surface area contributed by atoms with Crippen molar-refractivity contribution in [1.82, 2.24) is 20.2 Å². The fraction of sp³-hybridized carbons (Fsp3) is 0.320. The molecule has 0 aromatic carbocycles. The molecule has 1 saturated heterocycles. The maximum Gasteiger partial charge on any atom is 0.352 e. The van der Waals surface area contributed by atoms with Crippen molar-refractivity contribution in [1.29, 1.82) is 0 Å². The quantitative estimate of drug-likeness (QED) is 0.0524. The predicted molar refractivity (Wildman–Crippen MR) is 166 cm³/mol. The Morgan fingerprint density at radius 1 is 1.26 bits per heavy atom. The third-order valence-corrected chi connectivity index (χ3v) is 8.55. The number of carbonyl (C=O) groups is 5. The summed E-state index contributed by atoms with van der Waals surface area (Å²) in [5.74, 6) is -4.61. The molecule has 0 spiro atoms. The topological polar surface area (TPSA) is 308 Å². The Hall–Kier alpha value is -5.28. The second-order valence-corrected chi connectivity index (χ2v) is 12.1. The predicted octanol–water partition coefficient (Wildman–Crippen LogP) is -1.95. The van der Waals surface area contributed by atoms with E-state index in [0.29, 0.717) is 5.57 Å². The molecule has 46 heavy (non-hydrogen) atoms. The van der Waals surface area contributed by atoms with Crippen LogP contribution in [0.1, 0.15) is 19.5 Å². The lowest BCUT2D eigenvalue weighted by Gasteiger charge is -2.49. The number of β-lactam (4-membered cyclic amide) rings is 1. The van der Waals surface area contributed by atoms with Crippen molar-refractivity contribution in [2.45, 2.75) is 37.4 Å². The fourth-order valence-corrected chi connectivity index (χ4v) is 5.95. The van der Waals surface area contributed by atoms with Crippen LogP contribution in [0.15, 0.2) is 40.3 Å². The van der Waals surface area contributed by atoms with Crippen LogP contribution in [-0.4, -0.2) is 89.8 Å². The minimum Gasteiger partial charge on any atom is -0.478 e. The zero-order chi connectivity index (χ0) is 33.9. The number of oxime groups is 1. The van der Waals surface area contributed by atoms with Crippen molar-refractivity contribution in [3.05, 3.63) is 40.8 Å². The average molecular weight is 677 g/mol. The van der Waals surface area contributed by atoms with Crippen LogP contribution in [-0.2, 0) is 35.4 Å². The van der Waals surface area contributed by atoms with Gasteiger partial charge < -0.3 is 48.6 Å². The number of carbonyl (C=O) groups excluding carboxylic acids is 3. The molecule has 4 heterocycles. The molecule has 2 aliphatic rings. The number of nitrogens with zero attached hydrogens (tertiary/aromatic N) is 5. The Morgan fingerprint density at radius 3 is 2.59 bits per heavy atom. The lowest BCUT2D eigenvalue weighted by Crippen LogP contribution is -2.71. The molecule has 21 heteroatoms. The van der Waals surface area contributed by atoms with E-state index in [4.69, 9.17) is 27.8 Å². The van der Waals surface area contributed by atoms with E-state index in [1.807, 2.05) is 0 Å². The van der Waals surface area contributed by atoms with E-state index in [2.05, 4.69) is 25.8 Å². The van der Waals surface area contributed by atoms with E-state index >= 15 is 0 Å². The molecule has 0 radical (unpaired) electrons. The molecule has 1 fully saturated rings. The number of anilines is 4. The first-order valence-corrected chi connectivity index (χ1v) is 15.1. The first-order chi connectivity index (χ1) is 21.7. The highest BCUT2D eigenvalue weighted by Gasteiger charge is 2.54. The highest BCUT2D eigenvalue weighted by molar-refractivity contribution is 8.00. The van der Waals surface area contributed by atoms with Gasteiger partial charge in [-0.15, -0.1) is 23.1 Å². The van der Waals surface area contributed by atoms with E-state index in [1.54, 1.807) is 6.08 Å². The first-order valence-electron chi connectivity index (χ1n) is 13.2. The molecular weight excluding hydrogens is 646 g/mol. The Balaban J connectivity index is 1.52. The molecule has 1 unspecified atom stereocenters. The minimum absolute atomic E-state index is 0.0108. The summed E-state index contributed by atoms with van der Waals surface area (Å²) < 4.78 is 1.45. The third kappa shape index (κ3) is 6.84. The van der Waals surface area contributed by atoms with Crippen LogP contribution in [0.2, 0.25) is 0 Å². The number of amides is 3. The number of carboxylic acids is 2. The number of aromatic nitrogens is 3. The van der Waals surface area contributed by atoms with Crippen LogP contribution in [0.25, 0.3) is 0 Å². The summed E-state index contributed by atoms with van der Waals surface area (Å²) in [7, 11) is 0. The normalized spacial score (nSPS) is 18.2. The maximum atomic E-state index is 13.2. The van der Waals surface area contributed by atoms with Gasteiger partial charge in [0.25, 0.3) is 11.8 Å². The second-order valence-electron chi connectivity index (χ2n) is 10.2. The Morgan fingerprint density at radius 2 is 1.98 bits per heavy atom. The van der Waals surface area contributed by atoms with Crippen LogP contribution in [0.3, 0.4) is 0 Å². The summed E-state index contributed by atoms with van der Waals surface area (Å²) >= 11 is 2.21. The lowest BCUT2D eigenvalue weighted by molar-refractivity contribution is -0.674. The monoisotopic (exact) mass is 676 g/mol. The number of thiazole rings is 1. The number of carboxylic acid groups (broad SMARTS) is 2. The van der Waals surface area contributed by atoms with Gasteiger partial charge in [-0.05, 0) is 19.4 Å². The summed E-state index contributed by atoms with van der Waals surface area (Å²) in [6.45, 7) is 2.25. The van der Waals surface area contributed by atoms with Crippen molar-refractivity contribution >= 4 is 80.9 Å². The van der Waals surface area contributed by atoms with Crippen LogP contribution >= 0.6 is 23.1 Å². The van der Waals surface area contributed by atoms with Gasteiger partial charge in [0.05, 0.1) is 13.1 Å². The van der Waals surface area contributed by atoms with Crippen molar-refractivity contribution in [2.24, 2.45) is 10.9 Å². The highest BCUT2D eigenvalue weighted by Crippen LogP contribution is 2.40. The van der Waals surface area contributed by atoms with Crippen molar-refractivity contribution in [2.75, 3.05) is 34.8 Å². The number of hydrogen-bond acceptors (Lipinski definition) is 15. The van der Waals surface area contributed by atoms with Gasteiger partial charge in [0, 0.05) is 11.1 Å². The van der Waals surface area contributed by atoms with Gasteiger partial charge in [-0.2, -0.15) is 0 Å². The standard InChI is InChI=1S/C25H29N11O8S2/c1-25(2,23(42)43)44-34-13(11-8-46-24(29)31-11)19(38)33-15-20(39)36-16(22(40)41)10(7-45-21(15)36)4-3-5-35-9-30-17(27)14(18(35)28)32-12(37)6-26/h3-4,8-9,15,21H,5-7,26H2,1-2H3,(H9,27,28,29,31,32,33,34,37,38,40,41,42,43)/p+1/b4-3+/t15-,21?/m1/s1. The molecule has 2 atom stereocenters. The number of nitrogen functional groups attached to an aromatic ring is 3. The molecule has 12 N–H and O–H groups in total. The zero-order valence-corrected chi connectivity index (χ0v) is 25.9. The first kappa shape index (κ1) is 33.6. The number of thioether (sulfide) groups is 1. The number of fused-ring (bicyclic) bond motifs is 1. The maximum absolute atomic E-state index is 13.2. The summed E-state index contributed by atoms with van der Waals surface area (Å²) in [4.78, 5) is 76.0. The Kier molecular flexibility index (Phi) is 9.77. The third-order valence-electron chi connectivity index (χ3n) is 6.58. The van der Waals surface area contributed by atoms with E-state index in [-0.39, 0.29) is 52.7 Å². The molecule has 0 aliphatic carbocycles. The average Bonchev–Trinajstić information content (AvgIpc) is 3.43. The molecule has 19 nitrogen and oxygen atoms in total. The second kappa shape index (κ2) is 13.4. The van der Waals surface area contributed by atoms with Gasteiger partial charge in [-0.3, -0.25) is 19.3 Å². The molecule has 2 aromatic rings. The largest absolute Gasteiger partial charge is 0.478 e. The fourth-order valence-electron chi connectivity index (χ4n) is 4.09.